The summed E-state index contributed by atoms with van der Waals surface area (Å²) in [7, 11) is 0. The lowest BCUT2D eigenvalue weighted by Crippen LogP contribution is -2.48. The maximum atomic E-state index is 14.6. The molecule has 3 rings (SSSR count). The molecule has 1 aliphatic rings. The minimum absolute atomic E-state index is 0. The molecular formula is C22H25Cl2F2NO2. The second-order valence-corrected chi connectivity index (χ2v) is 7.87. The van der Waals surface area contributed by atoms with Crippen LogP contribution < -0.4 is 0 Å². The number of benzene rings is 2. The van der Waals surface area contributed by atoms with Crippen LogP contribution in [-0.2, 0) is 6.42 Å². The average molecular weight is 444 g/mol. The Kier molecular flexibility index (Phi) is 8.58. The van der Waals surface area contributed by atoms with Gasteiger partial charge in [0.05, 0.1) is 5.60 Å². The summed E-state index contributed by atoms with van der Waals surface area (Å²) < 4.78 is 28.9. The predicted molar refractivity (Wildman–Crippen MR) is 113 cm³/mol. The number of hydrogen-bond acceptors (Lipinski definition) is 3. The van der Waals surface area contributed by atoms with Gasteiger partial charge in [-0.15, -0.1) is 12.4 Å². The largest absolute Gasteiger partial charge is 0.389 e. The fourth-order valence-electron chi connectivity index (χ4n) is 3.59. The van der Waals surface area contributed by atoms with Crippen molar-refractivity contribution >= 4 is 29.8 Å². The summed E-state index contributed by atoms with van der Waals surface area (Å²) in [5, 5.41) is 11.4. The van der Waals surface area contributed by atoms with Crippen LogP contribution in [0.3, 0.4) is 0 Å². The van der Waals surface area contributed by atoms with E-state index in [1.165, 1.54) is 17.0 Å². The molecule has 158 valence electrons. The standard InChI is InChI=1S/C22H24ClF2NO2.ClH/c23-18-8-6-16(7-9-18)15-22(28)10-12-26(13-11-22)20(25)14-19(24)21(27)17-4-2-1-3-5-17;/h1-9,19-20,28H,10-15H2;1H. The van der Waals surface area contributed by atoms with Crippen molar-refractivity contribution in [1.29, 1.82) is 0 Å². The number of rotatable bonds is 7. The van der Waals surface area contributed by atoms with Gasteiger partial charge in [-0.05, 0) is 30.5 Å². The van der Waals surface area contributed by atoms with Crippen LogP contribution in [0.2, 0.25) is 5.02 Å². The SMILES string of the molecule is Cl.O=C(c1ccccc1)C(F)CC(F)N1CCC(O)(Cc2ccc(Cl)cc2)CC1. The summed E-state index contributed by atoms with van der Waals surface area (Å²) in [6, 6.07) is 15.4. The molecule has 1 N–H and O–H groups in total. The smallest absolute Gasteiger partial charge is 0.197 e. The summed E-state index contributed by atoms with van der Waals surface area (Å²) in [6.45, 7) is 0.634. The normalized spacial score (nSPS) is 18.5. The van der Waals surface area contributed by atoms with Gasteiger partial charge in [-0.3, -0.25) is 9.69 Å². The summed E-state index contributed by atoms with van der Waals surface area (Å²) in [4.78, 5) is 13.6. The molecular weight excluding hydrogens is 419 g/mol. The van der Waals surface area contributed by atoms with Crippen LogP contribution >= 0.6 is 24.0 Å². The van der Waals surface area contributed by atoms with E-state index < -0.39 is 30.3 Å². The molecule has 2 unspecified atom stereocenters. The second-order valence-electron chi connectivity index (χ2n) is 7.43. The minimum Gasteiger partial charge on any atom is -0.389 e. The van der Waals surface area contributed by atoms with Gasteiger partial charge >= 0.3 is 0 Å². The number of halogens is 4. The molecule has 0 bridgehead atoms. The quantitative estimate of drug-likeness (QED) is 0.481. The molecule has 1 aliphatic heterocycles. The third-order valence-corrected chi connectivity index (χ3v) is 5.57. The van der Waals surface area contributed by atoms with E-state index in [-0.39, 0.29) is 18.0 Å². The number of piperidine rings is 1. The molecule has 0 amide bonds. The first-order chi connectivity index (χ1) is 13.4. The number of carbonyl (C=O) groups is 1. The van der Waals surface area contributed by atoms with Gasteiger partial charge < -0.3 is 5.11 Å². The fraction of sp³-hybridized carbons (Fsp3) is 0.409. The van der Waals surface area contributed by atoms with E-state index in [0.29, 0.717) is 37.4 Å². The number of hydrogen-bond donors (Lipinski definition) is 1. The number of alkyl halides is 2. The number of aliphatic hydroxyl groups is 1. The Bertz CT molecular complexity index is 781. The lowest BCUT2D eigenvalue weighted by molar-refractivity contribution is -0.0541. The Morgan fingerprint density at radius 2 is 1.66 bits per heavy atom. The molecule has 0 aliphatic carbocycles. The van der Waals surface area contributed by atoms with Crippen LogP contribution in [0.4, 0.5) is 8.78 Å². The molecule has 1 fully saturated rings. The van der Waals surface area contributed by atoms with Gasteiger partial charge in [0, 0.05) is 36.5 Å². The lowest BCUT2D eigenvalue weighted by atomic mass is 9.85. The van der Waals surface area contributed by atoms with Crippen molar-refractivity contribution in [3.05, 3.63) is 70.7 Å². The molecule has 0 radical (unpaired) electrons. The Morgan fingerprint density at radius 3 is 2.24 bits per heavy atom. The summed E-state index contributed by atoms with van der Waals surface area (Å²) in [5.74, 6) is -0.695. The molecule has 1 heterocycles. The highest BCUT2D eigenvalue weighted by molar-refractivity contribution is 6.30. The Balaban J connectivity index is 0.00000300. The molecule has 2 aromatic rings. The van der Waals surface area contributed by atoms with E-state index in [0.717, 1.165) is 5.56 Å². The van der Waals surface area contributed by atoms with Crippen LogP contribution in [0.25, 0.3) is 0 Å². The Morgan fingerprint density at radius 1 is 1.07 bits per heavy atom. The van der Waals surface area contributed by atoms with Crippen molar-refractivity contribution in [3.8, 4) is 0 Å². The Labute approximate surface area is 181 Å². The number of nitrogens with zero attached hydrogens (tertiary/aromatic N) is 1. The topological polar surface area (TPSA) is 40.5 Å². The number of carbonyl (C=O) groups excluding carboxylic acids is 1. The zero-order valence-electron chi connectivity index (χ0n) is 15.9. The summed E-state index contributed by atoms with van der Waals surface area (Å²) in [5.41, 5.74) is 0.298. The van der Waals surface area contributed by atoms with Crippen molar-refractivity contribution in [2.24, 2.45) is 0 Å². The first-order valence-corrected chi connectivity index (χ1v) is 9.82. The lowest BCUT2D eigenvalue weighted by Gasteiger charge is -2.39. The van der Waals surface area contributed by atoms with Gasteiger partial charge in [0.2, 0.25) is 0 Å². The number of likely N-dealkylation sites (tertiary alicyclic amines) is 1. The first-order valence-electron chi connectivity index (χ1n) is 9.45. The van der Waals surface area contributed by atoms with Gasteiger partial charge in [-0.1, -0.05) is 54.1 Å². The van der Waals surface area contributed by atoms with E-state index in [2.05, 4.69) is 0 Å². The van der Waals surface area contributed by atoms with Crippen LogP contribution in [0.5, 0.6) is 0 Å². The zero-order chi connectivity index (χ0) is 20.1. The molecule has 0 spiro atoms. The van der Waals surface area contributed by atoms with Crippen LogP contribution in [0, 0.1) is 0 Å². The Hall–Kier alpha value is -1.53. The predicted octanol–water partition coefficient (Wildman–Crippen LogP) is 5.04. The second kappa shape index (κ2) is 10.5. The third kappa shape index (κ3) is 6.48. The highest BCUT2D eigenvalue weighted by Crippen LogP contribution is 2.29. The molecule has 0 saturated carbocycles. The van der Waals surface area contributed by atoms with Crippen molar-refractivity contribution in [3.63, 3.8) is 0 Å². The highest BCUT2D eigenvalue weighted by atomic mass is 35.5. The summed E-state index contributed by atoms with van der Waals surface area (Å²) >= 11 is 5.88. The van der Waals surface area contributed by atoms with Crippen LogP contribution in [0.15, 0.2) is 54.6 Å². The van der Waals surface area contributed by atoms with E-state index in [1.54, 1.807) is 30.3 Å². The maximum absolute atomic E-state index is 14.6. The zero-order valence-corrected chi connectivity index (χ0v) is 17.5. The average Bonchev–Trinajstić information content (AvgIpc) is 2.70. The molecule has 1 saturated heterocycles. The van der Waals surface area contributed by atoms with Crippen molar-refractivity contribution in [2.45, 2.75) is 43.8 Å². The monoisotopic (exact) mass is 443 g/mol. The molecule has 2 aromatic carbocycles. The van der Waals surface area contributed by atoms with Crippen molar-refractivity contribution in [1.82, 2.24) is 4.90 Å². The van der Waals surface area contributed by atoms with E-state index in [1.807, 2.05) is 12.1 Å². The van der Waals surface area contributed by atoms with Gasteiger partial charge in [0.25, 0.3) is 0 Å². The van der Waals surface area contributed by atoms with Gasteiger partial charge in [0.15, 0.2) is 18.3 Å². The number of Topliss-reactive ketones (excluding diaryl/α,β-unsaturated/α-hetero) is 1. The summed E-state index contributed by atoms with van der Waals surface area (Å²) in [6.07, 6.45) is -2.69. The maximum Gasteiger partial charge on any atom is 0.197 e. The van der Waals surface area contributed by atoms with E-state index in [4.69, 9.17) is 11.6 Å². The van der Waals surface area contributed by atoms with Crippen molar-refractivity contribution in [2.75, 3.05) is 13.1 Å². The van der Waals surface area contributed by atoms with Gasteiger partial charge in [-0.2, -0.15) is 0 Å². The highest BCUT2D eigenvalue weighted by Gasteiger charge is 2.36. The van der Waals surface area contributed by atoms with Gasteiger partial charge in [-0.25, -0.2) is 8.78 Å². The van der Waals surface area contributed by atoms with E-state index >= 15 is 0 Å². The van der Waals surface area contributed by atoms with Gasteiger partial charge in [0.1, 0.15) is 0 Å². The molecule has 2 atom stereocenters. The van der Waals surface area contributed by atoms with E-state index in [9.17, 15) is 18.7 Å². The first kappa shape index (κ1) is 23.7. The fourth-order valence-corrected chi connectivity index (χ4v) is 3.72. The molecule has 0 aromatic heterocycles. The molecule has 29 heavy (non-hydrogen) atoms. The van der Waals surface area contributed by atoms with Crippen LogP contribution in [0.1, 0.15) is 35.2 Å². The van der Waals surface area contributed by atoms with Crippen molar-refractivity contribution < 1.29 is 18.7 Å². The number of ketones is 1. The van der Waals surface area contributed by atoms with Crippen LogP contribution in [-0.4, -0.2) is 46.9 Å². The third-order valence-electron chi connectivity index (χ3n) is 5.32. The molecule has 3 nitrogen and oxygen atoms in total. The minimum atomic E-state index is -1.88. The molecule has 7 heteroatoms.